The molecule has 5 nitrogen and oxygen atoms in total. The SMILES string of the molecule is CSc1nc(N)cc(NCCC(C)O)n1. The number of hydrogen-bond donors (Lipinski definition) is 3. The predicted octanol–water partition coefficient (Wildman–Crippen LogP) is 0.964. The number of aromatic nitrogens is 2. The number of anilines is 2. The number of aliphatic hydroxyl groups is 1. The number of nitrogens with zero attached hydrogens (tertiary/aromatic N) is 2. The molecule has 6 heteroatoms. The number of nitrogens with one attached hydrogen (secondary N) is 1. The van der Waals surface area contributed by atoms with Crippen molar-refractivity contribution in [2.45, 2.75) is 24.6 Å². The molecule has 0 amide bonds. The fourth-order valence-electron chi connectivity index (χ4n) is 1.03. The number of rotatable bonds is 5. The predicted molar refractivity (Wildman–Crippen MR) is 63.0 cm³/mol. The monoisotopic (exact) mass is 228 g/mol. The second kappa shape index (κ2) is 5.77. The minimum Gasteiger partial charge on any atom is -0.393 e. The highest BCUT2D eigenvalue weighted by molar-refractivity contribution is 7.98. The number of thioether (sulfide) groups is 1. The molecule has 0 aliphatic rings. The normalized spacial score (nSPS) is 12.5. The number of nitrogens with two attached hydrogens (primary N) is 1. The molecule has 15 heavy (non-hydrogen) atoms. The third-order valence-electron chi connectivity index (χ3n) is 1.78. The minimum atomic E-state index is -0.309. The van der Waals surface area contributed by atoms with Gasteiger partial charge in [-0.2, -0.15) is 0 Å². The summed E-state index contributed by atoms with van der Waals surface area (Å²) in [4.78, 5) is 8.26. The van der Waals surface area contributed by atoms with Crippen LogP contribution < -0.4 is 11.1 Å². The van der Waals surface area contributed by atoms with E-state index in [1.165, 1.54) is 11.8 Å². The molecule has 0 saturated carbocycles. The van der Waals surface area contributed by atoms with E-state index in [-0.39, 0.29) is 6.10 Å². The van der Waals surface area contributed by atoms with E-state index in [0.717, 1.165) is 0 Å². The van der Waals surface area contributed by atoms with Gasteiger partial charge in [0.15, 0.2) is 5.16 Å². The number of hydrogen-bond acceptors (Lipinski definition) is 6. The smallest absolute Gasteiger partial charge is 0.191 e. The third-order valence-corrected chi connectivity index (χ3v) is 2.32. The molecule has 0 bridgehead atoms. The second-order valence-corrected chi connectivity index (χ2v) is 4.00. The summed E-state index contributed by atoms with van der Waals surface area (Å²) in [5, 5.41) is 12.8. The van der Waals surface area contributed by atoms with Gasteiger partial charge in [-0.3, -0.25) is 0 Å². The molecule has 0 fully saturated rings. The van der Waals surface area contributed by atoms with E-state index in [1.54, 1.807) is 13.0 Å². The highest BCUT2D eigenvalue weighted by Gasteiger charge is 2.01. The van der Waals surface area contributed by atoms with E-state index in [4.69, 9.17) is 10.8 Å². The summed E-state index contributed by atoms with van der Waals surface area (Å²) in [6, 6.07) is 1.68. The zero-order valence-corrected chi connectivity index (χ0v) is 9.71. The van der Waals surface area contributed by atoms with Gasteiger partial charge in [-0.15, -0.1) is 0 Å². The summed E-state index contributed by atoms with van der Waals surface area (Å²) in [5.41, 5.74) is 5.61. The van der Waals surface area contributed by atoms with Crippen molar-refractivity contribution >= 4 is 23.4 Å². The Bertz CT molecular complexity index is 319. The summed E-state index contributed by atoms with van der Waals surface area (Å²) >= 11 is 1.45. The van der Waals surface area contributed by atoms with Crippen LogP contribution in [0.3, 0.4) is 0 Å². The molecule has 0 spiro atoms. The molecule has 0 saturated heterocycles. The maximum atomic E-state index is 9.08. The standard InChI is InChI=1S/C9H16N4OS/c1-6(14)3-4-11-8-5-7(10)12-9(13-8)15-2/h5-6,14H,3-4H2,1-2H3,(H3,10,11,12,13). The van der Waals surface area contributed by atoms with Crippen molar-refractivity contribution in [2.24, 2.45) is 0 Å². The third kappa shape index (κ3) is 4.35. The Labute approximate surface area is 93.5 Å². The highest BCUT2D eigenvalue weighted by Crippen LogP contribution is 2.14. The lowest BCUT2D eigenvalue weighted by atomic mass is 10.3. The van der Waals surface area contributed by atoms with E-state index < -0.39 is 0 Å². The minimum absolute atomic E-state index is 0.309. The maximum absolute atomic E-state index is 9.08. The first-order valence-electron chi connectivity index (χ1n) is 4.72. The van der Waals surface area contributed by atoms with Crippen molar-refractivity contribution in [1.82, 2.24) is 9.97 Å². The Kier molecular flexibility index (Phi) is 4.64. The Balaban J connectivity index is 2.56. The van der Waals surface area contributed by atoms with Gasteiger partial charge in [0.2, 0.25) is 0 Å². The van der Waals surface area contributed by atoms with Crippen molar-refractivity contribution in [1.29, 1.82) is 0 Å². The summed E-state index contributed by atoms with van der Waals surface area (Å²) in [5.74, 6) is 1.15. The fourth-order valence-corrected chi connectivity index (χ4v) is 1.42. The van der Waals surface area contributed by atoms with Crippen LogP contribution >= 0.6 is 11.8 Å². The number of aliphatic hydroxyl groups excluding tert-OH is 1. The molecular weight excluding hydrogens is 212 g/mol. The van der Waals surface area contributed by atoms with Crippen LogP contribution in [-0.2, 0) is 0 Å². The topological polar surface area (TPSA) is 84.1 Å². The van der Waals surface area contributed by atoms with Crippen molar-refractivity contribution in [3.8, 4) is 0 Å². The van der Waals surface area contributed by atoms with Crippen LogP contribution in [0.4, 0.5) is 11.6 Å². The summed E-state index contributed by atoms with van der Waals surface area (Å²) in [6.45, 7) is 2.42. The van der Waals surface area contributed by atoms with Crippen LogP contribution in [0.1, 0.15) is 13.3 Å². The quantitative estimate of drug-likeness (QED) is 0.514. The van der Waals surface area contributed by atoms with Crippen LogP contribution in [0, 0.1) is 0 Å². The highest BCUT2D eigenvalue weighted by atomic mass is 32.2. The van der Waals surface area contributed by atoms with Gasteiger partial charge in [0.25, 0.3) is 0 Å². The van der Waals surface area contributed by atoms with Crippen molar-refractivity contribution < 1.29 is 5.11 Å². The summed E-state index contributed by atoms with van der Waals surface area (Å²) < 4.78 is 0. The molecule has 1 rings (SSSR count). The molecule has 0 aliphatic heterocycles. The average Bonchev–Trinajstić information content (AvgIpc) is 2.16. The molecule has 0 radical (unpaired) electrons. The second-order valence-electron chi connectivity index (χ2n) is 3.23. The first-order chi connectivity index (χ1) is 7.11. The molecule has 84 valence electrons. The van der Waals surface area contributed by atoms with Crippen molar-refractivity contribution in [2.75, 3.05) is 23.9 Å². The van der Waals surface area contributed by atoms with Crippen LogP contribution in [0.25, 0.3) is 0 Å². The zero-order chi connectivity index (χ0) is 11.3. The van der Waals surface area contributed by atoms with Crippen LogP contribution in [0.15, 0.2) is 11.2 Å². The van der Waals surface area contributed by atoms with Gasteiger partial charge < -0.3 is 16.2 Å². The average molecular weight is 228 g/mol. The first kappa shape index (κ1) is 12.1. The van der Waals surface area contributed by atoms with Crippen LogP contribution in [0.5, 0.6) is 0 Å². The van der Waals surface area contributed by atoms with Gasteiger partial charge in [0.05, 0.1) is 6.10 Å². The van der Waals surface area contributed by atoms with E-state index >= 15 is 0 Å². The van der Waals surface area contributed by atoms with E-state index in [9.17, 15) is 0 Å². The van der Waals surface area contributed by atoms with E-state index in [1.807, 2.05) is 6.26 Å². The molecule has 0 aliphatic carbocycles. The Morgan fingerprint density at radius 1 is 1.60 bits per heavy atom. The van der Waals surface area contributed by atoms with Crippen LogP contribution in [-0.4, -0.2) is 34.0 Å². The van der Waals surface area contributed by atoms with Crippen LogP contribution in [0.2, 0.25) is 0 Å². The lowest BCUT2D eigenvalue weighted by molar-refractivity contribution is 0.188. The Hall–Kier alpha value is -1.01. The van der Waals surface area contributed by atoms with Gasteiger partial charge in [0, 0.05) is 12.6 Å². The lowest BCUT2D eigenvalue weighted by Crippen LogP contribution is -2.11. The van der Waals surface area contributed by atoms with Gasteiger partial charge in [-0.1, -0.05) is 11.8 Å². The molecule has 1 atom stereocenters. The van der Waals surface area contributed by atoms with Gasteiger partial charge in [-0.05, 0) is 19.6 Å². The van der Waals surface area contributed by atoms with Gasteiger partial charge >= 0.3 is 0 Å². The van der Waals surface area contributed by atoms with Gasteiger partial charge in [0.1, 0.15) is 11.6 Å². The molecule has 1 heterocycles. The molecule has 1 aromatic heterocycles. The fraction of sp³-hybridized carbons (Fsp3) is 0.556. The molecular formula is C9H16N4OS. The Morgan fingerprint density at radius 3 is 2.93 bits per heavy atom. The molecule has 4 N–H and O–H groups in total. The summed E-state index contributed by atoms with van der Waals surface area (Å²) in [7, 11) is 0. The van der Waals surface area contributed by atoms with E-state index in [0.29, 0.717) is 29.8 Å². The zero-order valence-electron chi connectivity index (χ0n) is 8.90. The van der Waals surface area contributed by atoms with Gasteiger partial charge in [-0.25, -0.2) is 9.97 Å². The maximum Gasteiger partial charge on any atom is 0.191 e. The molecule has 1 unspecified atom stereocenters. The molecule has 0 aromatic carbocycles. The summed E-state index contributed by atoms with van der Waals surface area (Å²) in [6.07, 6.45) is 2.27. The first-order valence-corrected chi connectivity index (χ1v) is 5.94. The largest absolute Gasteiger partial charge is 0.393 e. The van der Waals surface area contributed by atoms with Crippen molar-refractivity contribution in [3.63, 3.8) is 0 Å². The van der Waals surface area contributed by atoms with Crippen molar-refractivity contribution in [3.05, 3.63) is 6.07 Å². The lowest BCUT2D eigenvalue weighted by Gasteiger charge is -2.08. The number of nitrogen functional groups attached to an aromatic ring is 1. The van der Waals surface area contributed by atoms with E-state index in [2.05, 4.69) is 15.3 Å². The Morgan fingerprint density at radius 2 is 2.33 bits per heavy atom. The molecule has 1 aromatic rings.